The Balaban J connectivity index is 2.79. The summed E-state index contributed by atoms with van der Waals surface area (Å²) in [6, 6.07) is 0. The van der Waals surface area contributed by atoms with Gasteiger partial charge >= 0.3 is 11.9 Å². The number of ketones is 1. The quantitative estimate of drug-likeness (QED) is 0.208. The minimum atomic E-state index is -1.04. The number of methoxy groups -OCH3 is 1. The Hall–Kier alpha value is -2.43. The van der Waals surface area contributed by atoms with Crippen molar-refractivity contribution in [2.24, 2.45) is 0 Å². The molecule has 0 saturated heterocycles. The van der Waals surface area contributed by atoms with Gasteiger partial charge in [-0.1, -0.05) is 50.1 Å². The van der Waals surface area contributed by atoms with E-state index in [1.165, 1.54) is 33.0 Å². The Morgan fingerprint density at radius 1 is 1.11 bits per heavy atom. The zero-order chi connectivity index (χ0) is 20.8. The number of rotatable bonds is 12. The molecule has 28 heavy (non-hydrogen) atoms. The second-order valence-corrected chi connectivity index (χ2v) is 6.83. The third-order valence-electron chi connectivity index (χ3n) is 4.49. The van der Waals surface area contributed by atoms with Crippen LogP contribution in [0.3, 0.4) is 0 Å². The fourth-order valence-electron chi connectivity index (χ4n) is 3.00. The summed E-state index contributed by atoms with van der Waals surface area (Å²) in [5.74, 6) is -0.812. The van der Waals surface area contributed by atoms with Crippen LogP contribution in [-0.2, 0) is 23.9 Å². The van der Waals surface area contributed by atoms with Crippen molar-refractivity contribution in [2.45, 2.75) is 70.8 Å². The molecule has 5 heteroatoms. The molecular weight excluding hydrogens is 356 g/mol. The fourth-order valence-corrected chi connectivity index (χ4v) is 3.00. The smallest absolute Gasteiger partial charge is 0.305 e. The highest BCUT2D eigenvalue weighted by Gasteiger charge is 2.41. The van der Waals surface area contributed by atoms with Crippen LogP contribution in [0, 0.1) is 0 Å². The molecule has 0 aromatic carbocycles. The van der Waals surface area contributed by atoms with Crippen LogP contribution in [0.25, 0.3) is 0 Å². The molecule has 1 aliphatic carbocycles. The molecule has 0 saturated carbocycles. The van der Waals surface area contributed by atoms with Crippen molar-refractivity contribution >= 4 is 17.7 Å². The molecule has 0 spiro atoms. The number of hydrogen-bond acceptors (Lipinski definition) is 5. The number of esters is 2. The van der Waals surface area contributed by atoms with Crippen LogP contribution in [-0.4, -0.2) is 30.4 Å². The SMILES string of the molecule is CCCCC/C=C\C[C@]1(OC(C)=O)C=CC(=O)/C1=C\C=C\CCCC(=O)OC. The van der Waals surface area contributed by atoms with E-state index in [1.807, 2.05) is 12.2 Å². The van der Waals surface area contributed by atoms with Crippen molar-refractivity contribution in [2.75, 3.05) is 7.11 Å². The summed E-state index contributed by atoms with van der Waals surface area (Å²) >= 11 is 0. The van der Waals surface area contributed by atoms with Gasteiger partial charge in [0.2, 0.25) is 0 Å². The maximum atomic E-state index is 12.3. The highest BCUT2D eigenvalue weighted by atomic mass is 16.6. The number of allylic oxidation sites excluding steroid dienone is 5. The van der Waals surface area contributed by atoms with Gasteiger partial charge in [0, 0.05) is 25.3 Å². The van der Waals surface area contributed by atoms with Gasteiger partial charge < -0.3 is 9.47 Å². The molecule has 0 aromatic heterocycles. The van der Waals surface area contributed by atoms with Gasteiger partial charge in [-0.25, -0.2) is 0 Å². The largest absolute Gasteiger partial charge is 0.469 e. The van der Waals surface area contributed by atoms with Crippen molar-refractivity contribution < 1.29 is 23.9 Å². The van der Waals surface area contributed by atoms with Crippen LogP contribution in [0.1, 0.15) is 65.2 Å². The number of unbranched alkanes of at least 4 members (excludes halogenated alkanes) is 4. The average molecular weight is 389 g/mol. The Morgan fingerprint density at radius 3 is 2.54 bits per heavy atom. The van der Waals surface area contributed by atoms with E-state index in [4.69, 9.17) is 4.74 Å². The molecule has 0 heterocycles. The van der Waals surface area contributed by atoms with Crippen LogP contribution in [0.5, 0.6) is 0 Å². The second kappa shape index (κ2) is 12.9. The van der Waals surface area contributed by atoms with E-state index in [2.05, 4.69) is 17.7 Å². The average Bonchev–Trinajstić information content (AvgIpc) is 2.96. The molecule has 0 aliphatic heterocycles. The van der Waals surface area contributed by atoms with Gasteiger partial charge in [-0.3, -0.25) is 14.4 Å². The highest BCUT2D eigenvalue weighted by Crippen LogP contribution is 2.34. The maximum Gasteiger partial charge on any atom is 0.305 e. The Bertz CT molecular complexity index is 654. The monoisotopic (exact) mass is 388 g/mol. The van der Waals surface area contributed by atoms with Crippen molar-refractivity contribution in [3.05, 3.63) is 48.1 Å². The second-order valence-electron chi connectivity index (χ2n) is 6.83. The lowest BCUT2D eigenvalue weighted by atomic mass is 9.91. The summed E-state index contributed by atoms with van der Waals surface area (Å²) in [5.41, 5.74) is -0.592. The van der Waals surface area contributed by atoms with Crippen molar-refractivity contribution in [1.82, 2.24) is 0 Å². The summed E-state index contributed by atoms with van der Waals surface area (Å²) in [5, 5.41) is 0. The first-order chi connectivity index (χ1) is 13.4. The molecule has 1 aliphatic rings. The van der Waals surface area contributed by atoms with E-state index in [0.29, 0.717) is 31.3 Å². The molecule has 0 unspecified atom stereocenters. The lowest BCUT2D eigenvalue weighted by Crippen LogP contribution is -2.33. The first-order valence-electron chi connectivity index (χ1n) is 9.97. The molecule has 0 amide bonds. The molecule has 154 valence electrons. The third kappa shape index (κ3) is 8.07. The molecular formula is C23H32O5. The van der Waals surface area contributed by atoms with E-state index in [-0.39, 0.29) is 11.8 Å². The fraction of sp³-hybridized carbons (Fsp3) is 0.522. The van der Waals surface area contributed by atoms with Crippen LogP contribution in [0.4, 0.5) is 0 Å². The number of carbonyl (C=O) groups excluding carboxylic acids is 3. The standard InChI is InChI=1S/C23H32O5/c1-4-5-6-7-10-13-17-23(28-19(2)24)18-16-21(25)20(23)14-11-8-9-12-15-22(26)27-3/h8,10-11,13-14,16,18H,4-7,9,12,15,17H2,1-3H3/b11-8+,13-10-,20-14+/t23-/m0/s1. The minimum Gasteiger partial charge on any atom is -0.469 e. The lowest BCUT2D eigenvalue weighted by molar-refractivity contribution is -0.149. The van der Waals surface area contributed by atoms with Crippen LogP contribution >= 0.6 is 0 Å². The van der Waals surface area contributed by atoms with Crippen molar-refractivity contribution in [3.8, 4) is 0 Å². The summed E-state index contributed by atoms with van der Waals surface area (Å²) < 4.78 is 10.2. The maximum absolute atomic E-state index is 12.3. The molecule has 0 fully saturated rings. The molecule has 0 N–H and O–H groups in total. The first kappa shape index (κ1) is 23.6. The summed E-state index contributed by atoms with van der Waals surface area (Å²) in [6.07, 6.45) is 19.2. The topological polar surface area (TPSA) is 69.7 Å². The molecule has 5 nitrogen and oxygen atoms in total. The molecule has 1 atom stereocenters. The van der Waals surface area contributed by atoms with Gasteiger partial charge in [-0.2, -0.15) is 0 Å². The zero-order valence-corrected chi connectivity index (χ0v) is 17.2. The van der Waals surface area contributed by atoms with E-state index < -0.39 is 11.6 Å². The highest BCUT2D eigenvalue weighted by molar-refractivity contribution is 6.09. The van der Waals surface area contributed by atoms with Gasteiger partial charge in [-0.05, 0) is 37.8 Å². The van der Waals surface area contributed by atoms with E-state index in [9.17, 15) is 14.4 Å². The molecule has 0 bridgehead atoms. The number of carbonyl (C=O) groups is 3. The van der Waals surface area contributed by atoms with Gasteiger partial charge in [0.05, 0.1) is 7.11 Å². The van der Waals surface area contributed by atoms with Gasteiger partial charge in [0.25, 0.3) is 0 Å². The minimum absolute atomic E-state index is 0.153. The summed E-state index contributed by atoms with van der Waals surface area (Å²) in [6.45, 7) is 3.51. The predicted molar refractivity (Wildman–Crippen MR) is 110 cm³/mol. The third-order valence-corrected chi connectivity index (χ3v) is 4.49. The Labute approximate surface area is 168 Å². The van der Waals surface area contributed by atoms with Gasteiger partial charge in [0.1, 0.15) is 0 Å². The summed E-state index contributed by atoms with van der Waals surface area (Å²) in [4.78, 5) is 35.1. The van der Waals surface area contributed by atoms with Crippen LogP contribution < -0.4 is 0 Å². The lowest BCUT2D eigenvalue weighted by Gasteiger charge is -2.27. The predicted octanol–water partition coefficient (Wildman–Crippen LogP) is 4.78. The van der Waals surface area contributed by atoms with Gasteiger partial charge in [-0.15, -0.1) is 0 Å². The van der Waals surface area contributed by atoms with Crippen molar-refractivity contribution in [1.29, 1.82) is 0 Å². The normalized spacial score (nSPS) is 20.5. The van der Waals surface area contributed by atoms with Crippen LogP contribution in [0.2, 0.25) is 0 Å². The van der Waals surface area contributed by atoms with E-state index in [1.54, 1.807) is 18.2 Å². The zero-order valence-electron chi connectivity index (χ0n) is 17.2. The number of ether oxygens (including phenoxy) is 2. The molecule has 1 rings (SSSR count). The van der Waals surface area contributed by atoms with E-state index in [0.717, 1.165) is 12.8 Å². The van der Waals surface area contributed by atoms with Crippen LogP contribution in [0.15, 0.2) is 48.1 Å². The molecule has 0 aromatic rings. The molecule has 0 radical (unpaired) electrons. The van der Waals surface area contributed by atoms with Crippen molar-refractivity contribution in [3.63, 3.8) is 0 Å². The van der Waals surface area contributed by atoms with E-state index >= 15 is 0 Å². The first-order valence-corrected chi connectivity index (χ1v) is 9.97. The Kier molecular flexibility index (Phi) is 10.8. The number of hydrogen-bond donors (Lipinski definition) is 0. The summed E-state index contributed by atoms with van der Waals surface area (Å²) in [7, 11) is 1.37. The van der Waals surface area contributed by atoms with Gasteiger partial charge in [0.15, 0.2) is 11.4 Å². The Morgan fingerprint density at radius 2 is 1.86 bits per heavy atom.